The molecule has 2 rings (SSSR count). The molecule has 0 amide bonds. The van der Waals surface area contributed by atoms with Gasteiger partial charge < -0.3 is 0 Å². The van der Waals surface area contributed by atoms with Crippen LogP contribution in [0.15, 0.2) is 18.6 Å². The first-order valence-electron chi connectivity index (χ1n) is 4.70. The lowest BCUT2D eigenvalue weighted by molar-refractivity contribution is 0.527. The maximum absolute atomic E-state index is 5.50. The van der Waals surface area contributed by atoms with Crippen LogP contribution in [0, 0.1) is 0 Å². The Labute approximate surface area is 86.7 Å². The first-order valence-corrected chi connectivity index (χ1v) is 4.70. The molecular weight excluding hydrogens is 194 g/mol. The summed E-state index contributed by atoms with van der Waals surface area (Å²) < 4.78 is 1.85. The monoisotopic (exact) mass is 207 g/mol. The van der Waals surface area contributed by atoms with Crippen LogP contribution in [0.25, 0.3) is 0 Å². The Bertz CT molecular complexity index is 404. The summed E-state index contributed by atoms with van der Waals surface area (Å²) in [5, 5.41) is 10.8. The number of hydrogen-bond donors (Lipinski definition) is 3. The molecule has 0 fully saturated rings. The van der Waals surface area contributed by atoms with Gasteiger partial charge in [0.15, 0.2) is 0 Å². The highest BCUT2D eigenvalue weighted by molar-refractivity contribution is 5.15. The number of aromatic nitrogens is 5. The van der Waals surface area contributed by atoms with Crippen molar-refractivity contribution in [3.63, 3.8) is 0 Å². The Morgan fingerprint density at radius 1 is 1.67 bits per heavy atom. The van der Waals surface area contributed by atoms with Crippen LogP contribution in [-0.2, 0) is 6.54 Å². The fourth-order valence-corrected chi connectivity index (χ4v) is 1.51. The highest BCUT2D eigenvalue weighted by atomic mass is 15.3. The molecule has 0 saturated carbocycles. The smallest absolute Gasteiger partial charge is 0.148 e. The molecule has 15 heavy (non-hydrogen) atoms. The minimum absolute atomic E-state index is 0.213. The average molecular weight is 207 g/mol. The second-order valence-corrected chi connectivity index (χ2v) is 3.04. The van der Waals surface area contributed by atoms with Crippen LogP contribution < -0.4 is 11.3 Å². The molecule has 0 aliphatic heterocycles. The largest absolute Gasteiger partial charge is 0.270 e. The van der Waals surface area contributed by atoms with Crippen molar-refractivity contribution < 1.29 is 0 Å². The molecule has 2 aromatic rings. The van der Waals surface area contributed by atoms with E-state index in [-0.39, 0.29) is 6.04 Å². The summed E-state index contributed by atoms with van der Waals surface area (Å²) in [6, 6.07) is 1.69. The molecule has 0 aliphatic rings. The maximum Gasteiger partial charge on any atom is 0.148 e. The molecule has 0 radical (unpaired) electrons. The van der Waals surface area contributed by atoms with E-state index in [2.05, 4.69) is 25.7 Å². The molecule has 80 valence electrons. The third-order valence-electron chi connectivity index (χ3n) is 2.22. The molecule has 0 aliphatic carbocycles. The average Bonchev–Trinajstić information content (AvgIpc) is 2.89. The lowest BCUT2D eigenvalue weighted by Crippen LogP contribution is -2.31. The molecule has 2 aromatic heterocycles. The van der Waals surface area contributed by atoms with Gasteiger partial charge in [0.05, 0.1) is 5.69 Å². The van der Waals surface area contributed by atoms with Crippen molar-refractivity contribution in [1.29, 1.82) is 0 Å². The van der Waals surface area contributed by atoms with Gasteiger partial charge in [-0.15, -0.1) is 0 Å². The topological polar surface area (TPSA) is 97.4 Å². The molecule has 7 nitrogen and oxygen atoms in total. The van der Waals surface area contributed by atoms with Crippen molar-refractivity contribution in [2.24, 2.45) is 5.84 Å². The Balaban J connectivity index is 2.35. The molecule has 7 heteroatoms. The van der Waals surface area contributed by atoms with Crippen LogP contribution in [-0.4, -0.2) is 25.0 Å². The number of hydrazine groups is 1. The number of nitrogens with zero attached hydrogens (tertiary/aromatic N) is 4. The SMILES string of the molecule is CCn1nccc1C(NN)c1ncn[nH]1. The van der Waals surface area contributed by atoms with Crippen LogP contribution in [0.1, 0.15) is 24.5 Å². The van der Waals surface area contributed by atoms with E-state index in [1.165, 1.54) is 6.33 Å². The third-order valence-corrected chi connectivity index (χ3v) is 2.22. The molecule has 1 unspecified atom stereocenters. The number of H-pyrrole nitrogens is 1. The number of aromatic amines is 1. The second kappa shape index (κ2) is 4.20. The van der Waals surface area contributed by atoms with E-state index in [1.807, 2.05) is 17.7 Å². The fourth-order valence-electron chi connectivity index (χ4n) is 1.51. The minimum atomic E-state index is -0.213. The predicted octanol–water partition coefficient (Wildman–Crippen LogP) is -0.426. The minimum Gasteiger partial charge on any atom is -0.270 e. The van der Waals surface area contributed by atoms with E-state index < -0.39 is 0 Å². The summed E-state index contributed by atoms with van der Waals surface area (Å²) in [5.41, 5.74) is 3.64. The fraction of sp³-hybridized carbons (Fsp3) is 0.375. The van der Waals surface area contributed by atoms with Gasteiger partial charge in [-0.05, 0) is 13.0 Å². The zero-order chi connectivity index (χ0) is 10.7. The number of nitrogens with two attached hydrogens (primary N) is 1. The van der Waals surface area contributed by atoms with E-state index >= 15 is 0 Å². The third kappa shape index (κ3) is 1.74. The van der Waals surface area contributed by atoms with Gasteiger partial charge in [-0.25, -0.2) is 10.4 Å². The molecule has 1 atom stereocenters. The normalized spacial score (nSPS) is 12.9. The van der Waals surface area contributed by atoms with Gasteiger partial charge in [0, 0.05) is 12.7 Å². The van der Waals surface area contributed by atoms with E-state index in [0.717, 1.165) is 12.2 Å². The molecule has 2 heterocycles. The quantitative estimate of drug-likeness (QED) is 0.467. The van der Waals surface area contributed by atoms with E-state index in [0.29, 0.717) is 5.82 Å². The summed E-state index contributed by atoms with van der Waals surface area (Å²) in [6.07, 6.45) is 3.19. The van der Waals surface area contributed by atoms with Gasteiger partial charge in [0.25, 0.3) is 0 Å². The summed E-state index contributed by atoms with van der Waals surface area (Å²) in [5.74, 6) is 6.17. The van der Waals surface area contributed by atoms with Crippen LogP contribution >= 0.6 is 0 Å². The highest BCUT2D eigenvalue weighted by Gasteiger charge is 2.18. The zero-order valence-electron chi connectivity index (χ0n) is 8.38. The Kier molecular flexibility index (Phi) is 2.75. The lowest BCUT2D eigenvalue weighted by Gasteiger charge is -2.14. The lowest BCUT2D eigenvalue weighted by atomic mass is 10.2. The van der Waals surface area contributed by atoms with E-state index in [9.17, 15) is 0 Å². The van der Waals surface area contributed by atoms with E-state index in [1.54, 1.807) is 6.20 Å². The second-order valence-electron chi connectivity index (χ2n) is 3.04. The Morgan fingerprint density at radius 3 is 3.13 bits per heavy atom. The van der Waals surface area contributed by atoms with Crippen molar-refractivity contribution in [1.82, 2.24) is 30.4 Å². The van der Waals surface area contributed by atoms with Gasteiger partial charge in [-0.2, -0.15) is 10.2 Å². The first-order chi connectivity index (χ1) is 7.36. The van der Waals surface area contributed by atoms with Crippen LogP contribution in [0.3, 0.4) is 0 Å². The number of nitrogens with one attached hydrogen (secondary N) is 2. The van der Waals surface area contributed by atoms with Crippen LogP contribution in [0.4, 0.5) is 0 Å². The summed E-state index contributed by atoms with van der Waals surface area (Å²) in [4.78, 5) is 4.07. The Hall–Kier alpha value is -1.73. The first kappa shape index (κ1) is 9.81. The standard InChI is InChI=1S/C8H13N7/c1-2-15-6(3-4-12-15)7(13-9)8-10-5-11-14-8/h3-5,7,13H,2,9H2,1H3,(H,10,11,14). The molecule has 0 saturated heterocycles. The van der Waals surface area contributed by atoms with Gasteiger partial charge >= 0.3 is 0 Å². The van der Waals surface area contributed by atoms with Crippen molar-refractivity contribution >= 4 is 0 Å². The highest BCUT2D eigenvalue weighted by Crippen LogP contribution is 2.16. The summed E-state index contributed by atoms with van der Waals surface area (Å²) in [7, 11) is 0. The Morgan fingerprint density at radius 2 is 2.53 bits per heavy atom. The molecule has 0 spiro atoms. The van der Waals surface area contributed by atoms with Gasteiger partial charge in [-0.3, -0.25) is 15.6 Å². The number of rotatable bonds is 4. The molecule has 4 N–H and O–H groups in total. The molecular formula is C8H13N7. The van der Waals surface area contributed by atoms with Crippen LogP contribution in [0.2, 0.25) is 0 Å². The van der Waals surface area contributed by atoms with Crippen molar-refractivity contribution in [3.8, 4) is 0 Å². The predicted molar refractivity (Wildman–Crippen MR) is 53.4 cm³/mol. The van der Waals surface area contributed by atoms with Crippen molar-refractivity contribution in [2.45, 2.75) is 19.5 Å². The number of aryl methyl sites for hydroxylation is 1. The number of hydrogen-bond acceptors (Lipinski definition) is 5. The van der Waals surface area contributed by atoms with Crippen molar-refractivity contribution in [3.05, 3.63) is 30.1 Å². The van der Waals surface area contributed by atoms with Gasteiger partial charge in [-0.1, -0.05) is 0 Å². The van der Waals surface area contributed by atoms with E-state index in [4.69, 9.17) is 5.84 Å². The molecule has 0 bridgehead atoms. The maximum atomic E-state index is 5.50. The zero-order valence-corrected chi connectivity index (χ0v) is 8.38. The molecule has 0 aromatic carbocycles. The summed E-state index contributed by atoms with van der Waals surface area (Å²) in [6.45, 7) is 2.80. The van der Waals surface area contributed by atoms with Crippen molar-refractivity contribution in [2.75, 3.05) is 0 Å². The van der Waals surface area contributed by atoms with Gasteiger partial charge in [0.2, 0.25) is 0 Å². The summed E-state index contributed by atoms with van der Waals surface area (Å²) >= 11 is 0. The van der Waals surface area contributed by atoms with Gasteiger partial charge in [0.1, 0.15) is 18.2 Å². The van der Waals surface area contributed by atoms with Crippen LogP contribution in [0.5, 0.6) is 0 Å².